The Morgan fingerprint density at radius 2 is 1.87 bits per heavy atom. The first-order valence-corrected chi connectivity index (χ1v) is 7.84. The number of likely N-dealkylation sites (N-methyl/N-ethyl adjacent to an activating group) is 1. The van der Waals surface area contributed by atoms with Crippen LogP contribution < -0.4 is 10.2 Å². The fourth-order valence-electron chi connectivity index (χ4n) is 2.67. The molecule has 0 spiro atoms. The van der Waals surface area contributed by atoms with Crippen molar-refractivity contribution in [3.63, 3.8) is 0 Å². The summed E-state index contributed by atoms with van der Waals surface area (Å²) < 4.78 is 14.1. The van der Waals surface area contributed by atoms with E-state index in [-0.39, 0.29) is 5.82 Å². The lowest BCUT2D eigenvalue weighted by atomic mass is 10.1. The summed E-state index contributed by atoms with van der Waals surface area (Å²) in [5, 5.41) is 3.20. The molecule has 1 N–H and O–H groups in total. The van der Waals surface area contributed by atoms with Gasteiger partial charge in [0.15, 0.2) is 11.6 Å². The average molecular weight is 315 g/mol. The van der Waals surface area contributed by atoms with Crippen LogP contribution in [0.2, 0.25) is 0 Å². The second-order valence-corrected chi connectivity index (χ2v) is 6.03. The van der Waals surface area contributed by atoms with E-state index in [9.17, 15) is 4.39 Å². The minimum absolute atomic E-state index is 0.374. The van der Waals surface area contributed by atoms with Gasteiger partial charge < -0.3 is 15.1 Å². The number of nitrogens with zero attached hydrogens (tertiary/aromatic N) is 4. The maximum absolute atomic E-state index is 14.1. The molecule has 1 aromatic carbocycles. The quantitative estimate of drug-likeness (QED) is 0.943. The molecule has 3 rings (SSSR count). The van der Waals surface area contributed by atoms with Crippen molar-refractivity contribution in [1.29, 1.82) is 0 Å². The molecule has 1 aromatic heterocycles. The zero-order valence-electron chi connectivity index (χ0n) is 13.8. The van der Waals surface area contributed by atoms with Gasteiger partial charge in [-0.3, -0.25) is 0 Å². The second-order valence-electron chi connectivity index (χ2n) is 6.03. The van der Waals surface area contributed by atoms with Gasteiger partial charge in [0.25, 0.3) is 0 Å². The Balaban J connectivity index is 1.84. The summed E-state index contributed by atoms with van der Waals surface area (Å²) in [6.07, 6.45) is 1.24. The molecule has 2 heterocycles. The Morgan fingerprint density at radius 3 is 2.61 bits per heavy atom. The number of aromatic nitrogens is 2. The highest BCUT2D eigenvalue weighted by molar-refractivity contribution is 5.61. The molecule has 0 unspecified atom stereocenters. The van der Waals surface area contributed by atoms with Crippen LogP contribution >= 0.6 is 0 Å². The van der Waals surface area contributed by atoms with Crippen LogP contribution in [0.15, 0.2) is 24.4 Å². The molecule has 0 aliphatic carbocycles. The van der Waals surface area contributed by atoms with Crippen LogP contribution in [0.4, 0.5) is 21.8 Å². The normalized spacial score (nSPS) is 15.7. The molecule has 0 radical (unpaired) electrons. The van der Waals surface area contributed by atoms with E-state index in [1.165, 1.54) is 11.8 Å². The van der Waals surface area contributed by atoms with Crippen LogP contribution in [-0.2, 0) is 0 Å². The number of benzene rings is 1. The zero-order valence-corrected chi connectivity index (χ0v) is 13.8. The van der Waals surface area contributed by atoms with Gasteiger partial charge in [-0.15, -0.1) is 0 Å². The molecule has 0 bridgehead atoms. The van der Waals surface area contributed by atoms with Crippen molar-refractivity contribution in [2.24, 2.45) is 0 Å². The Morgan fingerprint density at radius 1 is 1.13 bits per heavy atom. The van der Waals surface area contributed by atoms with E-state index in [0.29, 0.717) is 11.8 Å². The Hall–Kier alpha value is -2.21. The topological polar surface area (TPSA) is 44.3 Å². The van der Waals surface area contributed by atoms with Crippen molar-refractivity contribution < 1.29 is 4.39 Å². The van der Waals surface area contributed by atoms with Crippen molar-refractivity contribution in [3.05, 3.63) is 41.3 Å². The molecule has 23 heavy (non-hydrogen) atoms. The van der Waals surface area contributed by atoms with Crippen LogP contribution in [0.25, 0.3) is 0 Å². The highest BCUT2D eigenvalue weighted by Gasteiger charge is 2.19. The van der Waals surface area contributed by atoms with Gasteiger partial charge in [-0.1, -0.05) is 12.1 Å². The first kappa shape index (κ1) is 15.7. The number of anilines is 3. The third kappa shape index (κ3) is 3.42. The number of hydrogen-bond acceptors (Lipinski definition) is 5. The smallest absolute Gasteiger partial charge is 0.229 e. The standard InChI is InChI=1S/C17H22FN5/c1-12-5-4-6-15(13(12)2)20-17-19-11-14(18)16(21-17)23-9-7-22(3)8-10-23/h4-6,11H,7-10H2,1-3H3,(H,19,20,21). The number of nitrogens with one attached hydrogen (secondary N) is 1. The summed E-state index contributed by atoms with van der Waals surface area (Å²) in [7, 11) is 2.07. The van der Waals surface area contributed by atoms with Gasteiger partial charge in [-0.25, -0.2) is 9.37 Å². The number of hydrogen-bond donors (Lipinski definition) is 1. The summed E-state index contributed by atoms with van der Waals surface area (Å²) in [6, 6.07) is 6.02. The molecule has 0 atom stereocenters. The summed E-state index contributed by atoms with van der Waals surface area (Å²) in [4.78, 5) is 12.7. The molecule has 1 saturated heterocycles. The highest BCUT2D eigenvalue weighted by Crippen LogP contribution is 2.23. The molecule has 122 valence electrons. The predicted molar refractivity (Wildman–Crippen MR) is 90.9 cm³/mol. The molecule has 5 nitrogen and oxygen atoms in total. The second kappa shape index (κ2) is 6.50. The van der Waals surface area contributed by atoms with E-state index in [2.05, 4.69) is 40.2 Å². The third-order valence-corrected chi connectivity index (χ3v) is 4.38. The van der Waals surface area contributed by atoms with Crippen molar-refractivity contribution in [3.8, 4) is 0 Å². The van der Waals surface area contributed by atoms with E-state index >= 15 is 0 Å². The van der Waals surface area contributed by atoms with Crippen LogP contribution in [0.1, 0.15) is 11.1 Å². The van der Waals surface area contributed by atoms with Crippen molar-refractivity contribution >= 4 is 17.5 Å². The number of rotatable bonds is 3. The maximum atomic E-state index is 14.1. The van der Waals surface area contributed by atoms with Crippen LogP contribution in [0.3, 0.4) is 0 Å². The fourth-order valence-corrected chi connectivity index (χ4v) is 2.67. The van der Waals surface area contributed by atoms with Crippen molar-refractivity contribution in [1.82, 2.24) is 14.9 Å². The molecule has 0 saturated carbocycles. The van der Waals surface area contributed by atoms with Crippen LogP contribution in [-0.4, -0.2) is 48.1 Å². The number of piperazine rings is 1. The predicted octanol–water partition coefficient (Wildman–Crippen LogP) is 2.73. The first-order valence-electron chi connectivity index (χ1n) is 7.84. The lowest BCUT2D eigenvalue weighted by Gasteiger charge is -2.33. The van der Waals surface area contributed by atoms with Gasteiger partial charge >= 0.3 is 0 Å². The van der Waals surface area contributed by atoms with E-state index in [1.54, 1.807) is 0 Å². The molecular weight excluding hydrogens is 293 g/mol. The van der Waals surface area contributed by atoms with E-state index < -0.39 is 0 Å². The lowest BCUT2D eigenvalue weighted by Crippen LogP contribution is -2.45. The van der Waals surface area contributed by atoms with Crippen molar-refractivity contribution in [2.45, 2.75) is 13.8 Å². The number of aryl methyl sites for hydroxylation is 1. The summed E-state index contributed by atoms with van der Waals surface area (Å²) >= 11 is 0. The van der Waals surface area contributed by atoms with Gasteiger partial charge in [0.1, 0.15) is 0 Å². The van der Waals surface area contributed by atoms with Gasteiger partial charge in [-0.05, 0) is 38.1 Å². The minimum atomic E-state index is -0.374. The molecular formula is C17H22FN5. The lowest BCUT2D eigenvalue weighted by molar-refractivity contribution is 0.310. The molecule has 1 aliphatic rings. The Bertz CT molecular complexity index is 695. The van der Waals surface area contributed by atoms with Gasteiger partial charge in [0, 0.05) is 31.9 Å². The number of halogens is 1. The summed E-state index contributed by atoms with van der Waals surface area (Å²) in [5.74, 6) is 0.427. The van der Waals surface area contributed by atoms with Gasteiger partial charge in [0.05, 0.1) is 6.20 Å². The van der Waals surface area contributed by atoms with E-state index in [1.807, 2.05) is 24.0 Å². The average Bonchev–Trinajstić information content (AvgIpc) is 2.54. The zero-order chi connectivity index (χ0) is 16.4. The van der Waals surface area contributed by atoms with Gasteiger partial charge in [0.2, 0.25) is 5.95 Å². The molecule has 2 aromatic rings. The van der Waals surface area contributed by atoms with Gasteiger partial charge in [-0.2, -0.15) is 4.98 Å². The monoisotopic (exact) mass is 315 g/mol. The van der Waals surface area contributed by atoms with Crippen LogP contribution in [0, 0.1) is 19.7 Å². The fraction of sp³-hybridized carbons (Fsp3) is 0.412. The Kier molecular flexibility index (Phi) is 4.43. The minimum Gasteiger partial charge on any atom is -0.351 e. The van der Waals surface area contributed by atoms with Crippen molar-refractivity contribution in [2.75, 3.05) is 43.4 Å². The molecule has 0 amide bonds. The molecule has 6 heteroatoms. The first-order chi connectivity index (χ1) is 11.0. The summed E-state index contributed by atoms with van der Waals surface area (Å²) in [5.41, 5.74) is 3.28. The van der Waals surface area contributed by atoms with E-state index in [4.69, 9.17) is 0 Å². The SMILES string of the molecule is Cc1cccc(Nc2ncc(F)c(N3CCN(C)CC3)n2)c1C. The van der Waals surface area contributed by atoms with E-state index in [0.717, 1.165) is 37.4 Å². The van der Waals surface area contributed by atoms with Crippen LogP contribution in [0.5, 0.6) is 0 Å². The third-order valence-electron chi connectivity index (χ3n) is 4.38. The molecule has 1 fully saturated rings. The summed E-state index contributed by atoms with van der Waals surface area (Å²) in [6.45, 7) is 7.46. The Labute approximate surface area is 136 Å². The molecule has 1 aliphatic heterocycles. The maximum Gasteiger partial charge on any atom is 0.229 e. The highest BCUT2D eigenvalue weighted by atomic mass is 19.1. The largest absolute Gasteiger partial charge is 0.351 e.